The van der Waals surface area contributed by atoms with E-state index in [0.29, 0.717) is 11.1 Å². The van der Waals surface area contributed by atoms with Crippen LogP contribution in [-0.4, -0.2) is 10.2 Å². The van der Waals surface area contributed by atoms with Crippen LogP contribution >= 0.6 is 0 Å². The molecule has 0 amide bonds. The summed E-state index contributed by atoms with van der Waals surface area (Å²) in [5, 5.41) is 34.2. The van der Waals surface area contributed by atoms with Gasteiger partial charge in [-0.05, 0) is 36.4 Å². The van der Waals surface area contributed by atoms with Gasteiger partial charge >= 0.3 is 26.2 Å². The number of phenols is 2. The van der Waals surface area contributed by atoms with Crippen LogP contribution in [0.4, 0.5) is 0 Å². The van der Waals surface area contributed by atoms with Crippen molar-refractivity contribution < 1.29 is 36.4 Å². The van der Waals surface area contributed by atoms with E-state index in [1.54, 1.807) is 24.3 Å². The van der Waals surface area contributed by atoms with Gasteiger partial charge in [0.1, 0.15) is 11.5 Å². The van der Waals surface area contributed by atoms with Crippen LogP contribution in [0.15, 0.2) is 84.0 Å². The molecule has 2 aromatic carbocycles. The van der Waals surface area contributed by atoms with Crippen LogP contribution in [0.2, 0.25) is 0 Å². The summed E-state index contributed by atoms with van der Waals surface area (Å²) in [7, 11) is 0. The fourth-order valence-corrected chi connectivity index (χ4v) is 3.13. The Morgan fingerprint density at radius 1 is 0.730 bits per heavy atom. The van der Waals surface area contributed by atoms with Crippen molar-refractivity contribution in [2.24, 2.45) is 0 Å². The standard InChI is InChI=1S/2C9H13.2C7H5NO.Zr/c2*1-2-3-6-9-7-4-5-8-9;2*8-5-6-2-1-3-7(9)4-6;/h2*4,7H,2-3,5-6H2,1H3;2*1-4,9H;/q2*-1;;;+2. The van der Waals surface area contributed by atoms with Gasteiger partial charge in [0.15, 0.2) is 0 Å². The molecule has 2 N–H and O–H groups in total. The smallest absolute Gasteiger partial charge is 0.508 e. The minimum absolute atomic E-state index is 0. The van der Waals surface area contributed by atoms with Gasteiger partial charge in [0.2, 0.25) is 0 Å². The van der Waals surface area contributed by atoms with Crippen LogP contribution in [0.5, 0.6) is 11.5 Å². The summed E-state index contributed by atoms with van der Waals surface area (Å²) in [6.45, 7) is 4.44. The minimum atomic E-state index is 0. The van der Waals surface area contributed by atoms with E-state index in [1.165, 1.54) is 73.9 Å². The van der Waals surface area contributed by atoms with E-state index in [2.05, 4.69) is 50.3 Å². The number of allylic oxidation sites excluding steroid dienone is 8. The Hall–Kier alpha value is -3.14. The molecular weight excluding hydrogens is 536 g/mol. The molecule has 2 aliphatic rings. The summed E-state index contributed by atoms with van der Waals surface area (Å²) in [5.41, 5.74) is 3.79. The molecule has 0 heterocycles. The summed E-state index contributed by atoms with van der Waals surface area (Å²) in [6, 6.07) is 16.2. The van der Waals surface area contributed by atoms with Gasteiger partial charge in [0.25, 0.3) is 0 Å². The predicted molar refractivity (Wildman–Crippen MR) is 146 cm³/mol. The van der Waals surface area contributed by atoms with Crippen molar-refractivity contribution in [3.8, 4) is 23.6 Å². The number of benzene rings is 2. The Bertz CT molecular complexity index is 1030. The topological polar surface area (TPSA) is 88.0 Å². The normalized spacial score (nSPS) is 12.0. The van der Waals surface area contributed by atoms with E-state index in [4.69, 9.17) is 20.7 Å². The van der Waals surface area contributed by atoms with Gasteiger partial charge in [-0.25, -0.2) is 23.3 Å². The van der Waals surface area contributed by atoms with E-state index in [1.807, 2.05) is 12.1 Å². The van der Waals surface area contributed by atoms with Crippen LogP contribution in [-0.2, 0) is 26.2 Å². The van der Waals surface area contributed by atoms with Crippen molar-refractivity contribution in [3.63, 3.8) is 0 Å². The molecule has 0 aromatic heterocycles. The molecule has 2 aliphatic carbocycles. The van der Waals surface area contributed by atoms with E-state index in [-0.39, 0.29) is 37.7 Å². The molecule has 0 aliphatic heterocycles. The largest absolute Gasteiger partial charge is 2.00 e. The molecule has 37 heavy (non-hydrogen) atoms. The van der Waals surface area contributed by atoms with E-state index in [0.717, 1.165) is 12.8 Å². The molecule has 0 saturated heterocycles. The van der Waals surface area contributed by atoms with Crippen molar-refractivity contribution in [3.05, 3.63) is 107 Å². The van der Waals surface area contributed by atoms with Crippen LogP contribution in [0.3, 0.4) is 0 Å². The maximum Gasteiger partial charge on any atom is 2.00 e. The third-order valence-electron chi connectivity index (χ3n) is 5.08. The van der Waals surface area contributed by atoms with Crippen molar-refractivity contribution in [1.82, 2.24) is 0 Å². The van der Waals surface area contributed by atoms with Crippen LogP contribution in [0.1, 0.15) is 76.3 Å². The number of aromatic hydroxyl groups is 2. The number of rotatable bonds is 6. The quantitative estimate of drug-likeness (QED) is 0.342. The first-order chi connectivity index (χ1) is 17.5. The number of phenolic OH excluding ortho intramolecular Hbond substituents is 2. The second-order valence-electron chi connectivity index (χ2n) is 8.15. The fraction of sp³-hybridized carbons (Fsp3) is 0.312. The van der Waals surface area contributed by atoms with Gasteiger partial charge in [-0.3, -0.25) is 12.2 Å². The van der Waals surface area contributed by atoms with E-state index in [9.17, 15) is 0 Å². The van der Waals surface area contributed by atoms with Gasteiger partial charge in [-0.2, -0.15) is 22.7 Å². The zero-order valence-corrected chi connectivity index (χ0v) is 24.3. The monoisotopic (exact) mass is 570 g/mol. The molecule has 190 valence electrons. The van der Waals surface area contributed by atoms with Gasteiger partial charge < -0.3 is 10.2 Å². The SMILES string of the molecule is CCCCC1=[C-]CC=C1.CCCCC1=[C-]CC=C1.N#Cc1cccc(O)c1.N#Cc1cccc(O)c1.[Zr+2]. The molecule has 4 rings (SSSR count). The minimum Gasteiger partial charge on any atom is -0.508 e. The second-order valence-corrected chi connectivity index (χ2v) is 8.15. The van der Waals surface area contributed by atoms with E-state index >= 15 is 0 Å². The third kappa shape index (κ3) is 17.0. The first-order valence-electron chi connectivity index (χ1n) is 12.4. The van der Waals surface area contributed by atoms with Crippen molar-refractivity contribution in [2.45, 2.75) is 65.2 Å². The van der Waals surface area contributed by atoms with Crippen LogP contribution < -0.4 is 0 Å². The Balaban J connectivity index is 0.000000463. The summed E-state index contributed by atoms with van der Waals surface area (Å²) < 4.78 is 0. The Morgan fingerprint density at radius 2 is 1.14 bits per heavy atom. The van der Waals surface area contributed by atoms with E-state index < -0.39 is 0 Å². The molecule has 2 aromatic rings. The number of nitriles is 2. The summed E-state index contributed by atoms with van der Waals surface area (Å²) in [4.78, 5) is 0. The maximum absolute atomic E-state index is 8.79. The molecule has 0 bridgehead atoms. The van der Waals surface area contributed by atoms with Gasteiger partial charge in [0.05, 0.1) is 23.3 Å². The summed E-state index contributed by atoms with van der Waals surface area (Å²) >= 11 is 0. The van der Waals surface area contributed by atoms with Crippen molar-refractivity contribution in [2.75, 3.05) is 0 Å². The van der Waals surface area contributed by atoms with Gasteiger partial charge in [0, 0.05) is 0 Å². The Morgan fingerprint density at radius 3 is 1.38 bits per heavy atom. The molecule has 0 unspecified atom stereocenters. The fourth-order valence-electron chi connectivity index (χ4n) is 3.13. The molecule has 5 heteroatoms. The average Bonchev–Trinajstić information content (AvgIpc) is 3.62. The summed E-state index contributed by atoms with van der Waals surface area (Å²) in [5.74, 6) is 0.267. The zero-order valence-electron chi connectivity index (χ0n) is 21.9. The molecule has 4 nitrogen and oxygen atoms in total. The molecule has 0 fully saturated rings. The molecule has 0 spiro atoms. The maximum atomic E-state index is 8.79. The second kappa shape index (κ2) is 22.1. The molecule has 0 radical (unpaired) electrons. The Kier molecular flexibility index (Phi) is 20.2. The van der Waals surface area contributed by atoms with Gasteiger partial charge in [-0.15, -0.1) is 12.8 Å². The predicted octanol–water partition coefficient (Wildman–Crippen LogP) is 8.26. The molecule has 0 saturated carbocycles. The first-order valence-corrected chi connectivity index (χ1v) is 12.4. The third-order valence-corrected chi connectivity index (χ3v) is 5.08. The van der Waals surface area contributed by atoms with Crippen LogP contribution in [0, 0.1) is 34.8 Å². The molecule has 0 atom stereocenters. The number of unbranched alkanes of at least 4 members (excludes halogenated alkanes) is 2. The molecular formula is C32H36N2O2Zr. The first kappa shape index (κ1) is 33.9. The zero-order chi connectivity index (χ0) is 26.4. The Labute approximate surface area is 242 Å². The average molecular weight is 572 g/mol. The van der Waals surface area contributed by atoms with Crippen LogP contribution in [0.25, 0.3) is 0 Å². The van der Waals surface area contributed by atoms with Crippen molar-refractivity contribution >= 4 is 0 Å². The van der Waals surface area contributed by atoms with Gasteiger partial charge in [-0.1, -0.05) is 64.5 Å². The summed E-state index contributed by atoms with van der Waals surface area (Å²) in [6.07, 6.45) is 25.1. The number of hydrogen-bond acceptors (Lipinski definition) is 4. The number of nitrogens with zero attached hydrogens (tertiary/aromatic N) is 2. The number of hydrogen-bond donors (Lipinski definition) is 2. The van der Waals surface area contributed by atoms with Crippen molar-refractivity contribution in [1.29, 1.82) is 10.5 Å².